The van der Waals surface area contributed by atoms with Gasteiger partial charge in [-0.3, -0.25) is 14.7 Å². The fraction of sp³-hybridized carbons (Fsp3) is 0.346. The molecule has 5 heterocycles. The molecule has 5 rings (SSSR count). The highest BCUT2D eigenvalue weighted by Gasteiger charge is 2.27. The Morgan fingerprint density at radius 2 is 1.97 bits per heavy atom. The van der Waals surface area contributed by atoms with Crippen molar-refractivity contribution in [3.05, 3.63) is 76.6 Å². The maximum atomic E-state index is 13.3. The first-order valence-electron chi connectivity index (χ1n) is 11.5. The summed E-state index contributed by atoms with van der Waals surface area (Å²) in [4.78, 5) is 26.7. The van der Waals surface area contributed by atoms with Gasteiger partial charge in [0.15, 0.2) is 5.65 Å². The van der Waals surface area contributed by atoms with Crippen LogP contribution in [0.5, 0.6) is 0 Å². The van der Waals surface area contributed by atoms with Crippen LogP contribution in [0.25, 0.3) is 11.2 Å². The van der Waals surface area contributed by atoms with Crippen LogP contribution < -0.4 is 0 Å². The number of pyridine rings is 1. The van der Waals surface area contributed by atoms with Crippen LogP contribution in [0.3, 0.4) is 0 Å². The number of nitrogens with zero attached hydrogens (tertiary/aromatic N) is 5. The molecule has 1 saturated heterocycles. The molecule has 6 nitrogen and oxygen atoms in total. The molecule has 7 heteroatoms. The molecule has 2 aromatic heterocycles. The predicted octanol–water partition coefficient (Wildman–Crippen LogP) is 5.01. The first kappa shape index (κ1) is 21.9. The average Bonchev–Trinajstić information content (AvgIpc) is 3.18. The molecule has 1 amide bonds. The van der Waals surface area contributed by atoms with E-state index in [1.165, 1.54) is 0 Å². The molecule has 3 aliphatic heterocycles. The number of fused-ring (bicyclic) bond motifs is 2. The summed E-state index contributed by atoms with van der Waals surface area (Å²) in [5.74, 6) is 0.280. The molecule has 2 aromatic rings. The van der Waals surface area contributed by atoms with Gasteiger partial charge in [0.2, 0.25) is 0 Å². The maximum absolute atomic E-state index is 13.3. The first-order chi connectivity index (χ1) is 15.9. The Morgan fingerprint density at radius 1 is 1.18 bits per heavy atom. The Hall–Kier alpha value is -2.96. The molecule has 33 heavy (non-hydrogen) atoms. The lowest BCUT2D eigenvalue weighted by Gasteiger charge is -2.35. The van der Waals surface area contributed by atoms with Crippen LogP contribution in [0.4, 0.5) is 0 Å². The first-order valence-corrected chi connectivity index (χ1v) is 11.8. The molecular weight excluding hydrogens is 434 g/mol. The van der Waals surface area contributed by atoms with E-state index < -0.39 is 0 Å². The van der Waals surface area contributed by atoms with Gasteiger partial charge in [-0.2, -0.15) is 0 Å². The topological polar surface area (TPSA) is 53.2 Å². The number of piperidine rings is 1. The molecule has 0 radical (unpaired) electrons. The number of aliphatic imine (C=N–C) groups is 1. The van der Waals surface area contributed by atoms with Gasteiger partial charge in [0.25, 0.3) is 5.91 Å². The minimum Gasteiger partial charge on any atom is -0.305 e. The summed E-state index contributed by atoms with van der Waals surface area (Å²) in [5, 5.41) is 0.556. The van der Waals surface area contributed by atoms with Gasteiger partial charge in [-0.05, 0) is 64.4 Å². The summed E-state index contributed by atoms with van der Waals surface area (Å²) in [5.41, 5.74) is 5.03. The number of aryl methyl sites for hydroxylation is 1. The molecule has 0 N–H and O–H groups in total. The number of aromatic nitrogens is 2. The van der Waals surface area contributed by atoms with Crippen LogP contribution in [-0.4, -0.2) is 50.4 Å². The van der Waals surface area contributed by atoms with E-state index >= 15 is 0 Å². The number of allylic oxidation sites excluding steroid dienone is 6. The van der Waals surface area contributed by atoms with Crippen LogP contribution in [0.1, 0.15) is 37.9 Å². The van der Waals surface area contributed by atoms with Gasteiger partial charge in [-0.15, -0.1) is 0 Å². The summed E-state index contributed by atoms with van der Waals surface area (Å²) in [6.45, 7) is 8.54. The van der Waals surface area contributed by atoms with Crippen molar-refractivity contribution >= 4 is 34.9 Å². The number of likely N-dealkylation sites (tertiary alicyclic amines) is 1. The molecule has 0 atom stereocenters. The third-order valence-corrected chi connectivity index (χ3v) is 6.86. The highest BCUT2D eigenvalue weighted by molar-refractivity contribution is 6.33. The van der Waals surface area contributed by atoms with Crippen molar-refractivity contribution in [3.63, 3.8) is 0 Å². The lowest BCUT2D eigenvalue weighted by molar-refractivity contribution is -0.121. The van der Waals surface area contributed by atoms with Gasteiger partial charge in [0, 0.05) is 42.2 Å². The predicted molar refractivity (Wildman–Crippen MR) is 133 cm³/mol. The van der Waals surface area contributed by atoms with Crippen molar-refractivity contribution in [3.8, 4) is 0 Å². The van der Waals surface area contributed by atoms with Gasteiger partial charge in [0.05, 0.1) is 28.3 Å². The highest BCUT2D eigenvalue weighted by Crippen LogP contribution is 2.31. The zero-order chi connectivity index (χ0) is 23.1. The van der Waals surface area contributed by atoms with E-state index in [1.807, 2.05) is 60.4 Å². The number of halogens is 1. The zero-order valence-electron chi connectivity index (χ0n) is 19.2. The quantitative estimate of drug-likeness (QED) is 0.645. The maximum Gasteiger partial charge on any atom is 0.255 e. The fourth-order valence-electron chi connectivity index (χ4n) is 4.70. The molecule has 0 aromatic carbocycles. The number of hydrogen-bond acceptors (Lipinski definition) is 4. The Labute approximate surface area is 199 Å². The second kappa shape index (κ2) is 8.76. The van der Waals surface area contributed by atoms with Crippen LogP contribution in [0.15, 0.2) is 65.4 Å². The van der Waals surface area contributed by atoms with Gasteiger partial charge >= 0.3 is 0 Å². The Bertz CT molecular complexity index is 1250. The van der Waals surface area contributed by atoms with Crippen molar-refractivity contribution in [2.24, 2.45) is 10.9 Å². The lowest BCUT2D eigenvalue weighted by atomic mass is 9.92. The van der Waals surface area contributed by atoms with E-state index in [2.05, 4.69) is 23.7 Å². The van der Waals surface area contributed by atoms with Crippen molar-refractivity contribution in [2.45, 2.75) is 39.7 Å². The van der Waals surface area contributed by atoms with Crippen molar-refractivity contribution in [1.82, 2.24) is 19.2 Å². The lowest BCUT2D eigenvalue weighted by Crippen LogP contribution is -2.39. The highest BCUT2D eigenvalue weighted by atomic mass is 35.5. The van der Waals surface area contributed by atoms with Crippen LogP contribution in [0.2, 0.25) is 5.02 Å². The van der Waals surface area contributed by atoms with Crippen LogP contribution in [-0.2, 0) is 4.79 Å². The molecule has 170 valence electrons. The van der Waals surface area contributed by atoms with E-state index in [9.17, 15) is 4.79 Å². The molecular formula is C26H28ClN5O. The molecule has 1 fully saturated rings. The molecule has 0 unspecified atom stereocenters. The smallest absolute Gasteiger partial charge is 0.255 e. The number of imidazole rings is 1. The van der Waals surface area contributed by atoms with Gasteiger partial charge in [-0.25, -0.2) is 4.98 Å². The number of carbonyl (C=O) groups excluding carboxylic acids is 1. The standard InChI is InChI=1S/C26H28ClN5O/c1-17(2)30-9-7-19(8-10-30)24-16-32-22(13-28-24)6-4-5-20(12-25(32)33)21-11-23(27)26-29-18(3)14-31(26)15-21/h4-6,11-17,19H,7-10H2,1-3H3/b5-4+,20-12+,22-6+. The Kier molecular flexibility index (Phi) is 5.81. The minimum atomic E-state index is -0.0955. The van der Waals surface area contributed by atoms with E-state index in [4.69, 9.17) is 16.6 Å². The summed E-state index contributed by atoms with van der Waals surface area (Å²) in [6, 6.07) is 2.43. The monoisotopic (exact) mass is 461 g/mol. The van der Waals surface area contributed by atoms with Crippen LogP contribution >= 0.6 is 11.6 Å². The summed E-state index contributed by atoms with van der Waals surface area (Å²) in [7, 11) is 0. The van der Waals surface area contributed by atoms with E-state index in [1.54, 1.807) is 11.0 Å². The summed E-state index contributed by atoms with van der Waals surface area (Å²) in [6.07, 6.45) is 17.2. The third kappa shape index (κ3) is 4.33. The van der Waals surface area contributed by atoms with Gasteiger partial charge in [-0.1, -0.05) is 23.8 Å². The number of amides is 1. The second-order valence-corrected chi connectivity index (χ2v) is 9.57. The second-order valence-electron chi connectivity index (χ2n) is 9.16. The average molecular weight is 462 g/mol. The molecule has 0 aliphatic carbocycles. The minimum absolute atomic E-state index is 0.0955. The van der Waals surface area contributed by atoms with E-state index in [-0.39, 0.29) is 5.91 Å². The zero-order valence-corrected chi connectivity index (χ0v) is 20.0. The Balaban J connectivity index is 1.43. The largest absolute Gasteiger partial charge is 0.305 e. The van der Waals surface area contributed by atoms with E-state index in [0.717, 1.165) is 54.2 Å². The van der Waals surface area contributed by atoms with E-state index in [0.29, 0.717) is 22.6 Å². The molecule has 3 aliphatic rings. The SMILES string of the molecule is Cc1cn2cc(C3=C\C(=O)N4C=C(C5CCN(C(C)C)CC5)N=C\C4=C/C=C/3)cc(Cl)c2n1. The Morgan fingerprint density at radius 3 is 2.73 bits per heavy atom. The van der Waals surface area contributed by atoms with Gasteiger partial charge in [0.1, 0.15) is 0 Å². The van der Waals surface area contributed by atoms with Gasteiger partial charge < -0.3 is 9.30 Å². The number of carbonyl (C=O) groups is 1. The molecule has 0 bridgehead atoms. The van der Waals surface area contributed by atoms with Crippen molar-refractivity contribution in [2.75, 3.05) is 13.1 Å². The number of hydrogen-bond donors (Lipinski definition) is 0. The molecule has 0 saturated carbocycles. The fourth-order valence-corrected chi connectivity index (χ4v) is 4.95. The number of rotatable bonds is 3. The van der Waals surface area contributed by atoms with Crippen molar-refractivity contribution in [1.29, 1.82) is 0 Å². The summed E-state index contributed by atoms with van der Waals surface area (Å²) >= 11 is 6.48. The third-order valence-electron chi connectivity index (χ3n) is 6.58. The molecule has 0 spiro atoms. The summed E-state index contributed by atoms with van der Waals surface area (Å²) < 4.78 is 1.90. The van der Waals surface area contributed by atoms with Crippen LogP contribution in [0, 0.1) is 12.8 Å². The van der Waals surface area contributed by atoms with Crippen molar-refractivity contribution < 1.29 is 4.79 Å². The normalized spacial score (nSPS) is 24.1.